The molecular formula is C19H35BrO3. The van der Waals surface area contributed by atoms with Crippen LogP contribution in [0.3, 0.4) is 0 Å². The third-order valence-corrected chi connectivity index (χ3v) is 5.00. The van der Waals surface area contributed by atoms with Gasteiger partial charge < -0.3 is 9.84 Å². The van der Waals surface area contributed by atoms with Crippen LogP contribution >= 0.6 is 15.9 Å². The first-order valence-corrected chi connectivity index (χ1v) is 10.1. The van der Waals surface area contributed by atoms with Gasteiger partial charge in [0.25, 0.3) is 0 Å². The average molecular weight is 391 g/mol. The largest absolute Gasteiger partial charge is 0.466 e. The van der Waals surface area contributed by atoms with E-state index in [-0.39, 0.29) is 4.83 Å². The number of esters is 1. The third kappa shape index (κ3) is 14.9. The van der Waals surface area contributed by atoms with E-state index in [0.29, 0.717) is 0 Å². The first kappa shape index (κ1) is 22.6. The van der Waals surface area contributed by atoms with Crippen molar-refractivity contribution in [2.45, 2.75) is 94.9 Å². The Balaban J connectivity index is 3.43. The molecular weight excluding hydrogens is 356 g/mol. The number of hydrogen-bond acceptors (Lipinski definition) is 3. The SMILES string of the molecule is CCCCCCCCCCCCC[C@H](O)[C@H](Br)/C=C/C(=O)OC. The molecule has 0 aliphatic heterocycles. The zero-order chi connectivity index (χ0) is 17.3. The quantitative estimate of drug-likeness (QED) is 0.173. The molecule has 0 fully saturated rings. The highest BCUT2D eigenvalue weighted by atomic mass is 79.9. The summed E-state index contributed by atoms with van der Waals surface area (Å²) < 4.78 is 4.52. The van der Waals surface area contributed by atoms with Gasteiger partial charge in [0.15, 0.2) is 0 Å². The molecule has 0 aromatic carbocycles. The molecule has 0 aliphatic carbocycles. The summed E-state index contributed by atoms with van der Waals surface area (Å²) in [4.78, 5) is 10.8. The van der Waals surface area contributed by atoms with Gasteiger partial charge >= 0.3 is 5.97 Å². The van der Waals surface area contributed by atoms with Gasteiger partial charge in [-0.25, -0.2) is 4.79 Å². The van der Waals surface area contributed by atoms with Crippen molar-refractivity contribution < 1.29 is 14.6 Å². The van der Waals surface area contributed by atoms with Crippen molar-refractivity contribution in [3.8, 4) is 0 Å². The number of aliphatic hydroxyl groups is 1. The molecule has 0 aromatic heterocycles. The van der Waals surface area contributed by atoms with Crippen LogP contribution in [0.5, 0.6) is 0 Å². The van der Waals surface area contributed by atoms with Crippen molar-refractivity contribution in [3.05, 3.63) is 12.2 Å². The second-order valence-electron chi connectivity index (χ2n) is 6.22. The maximum Gasteiger partial charge on any atom is 0.330 e. The maximum atomic E-state index is 11.0. The highest BCUT2D eigenvalue weighted by molar-refractivity contribution is 9.09. The van der Waals surface area contributed by atoms with Crippen molar-refractivity contribution in [2.24, 2.45) is 0 Å². The summed E-state index contributed by atoms with van der Waals surface area (Å²) in [6, 6.07) is 0. The summed E-state index contributed by atoms with van der Waals surface area (Å²) in [5.41, 5.74) is 0. The normalized spacial score (nSPS) is 14.1. The van der Waals surface area contributed by atoms with Gasteiger partial charge in [0, 0.05) is 6.08 Å². The molecule has 0 spiro atoms. The molecule has 23 heavy (non-hydrogen) atoms. The van der Waals surface area contributed by atoms with E-state index in [1.54, 1.807) is 6.08 Å². The number of aliphatic hydroxyl groups excluding tert-OH is 1. The van der Waals surface area contributed by atoms with Gasteiger partial charge in [-0.1, -0.05) is 99.6 Å². The van der Waals surface area contributed by atoms with Crippen molar-refractivity contribution in [1.29, 1.82) is 0 Å². The average Bonchev–Trinajstić information content (AvgIpc) is 2.56. The molecule has 0 aliphatic rings. The van der Waals surface area contributed by atoms with Crippen LogP contribution in [0.2, 0.25) is 0 Å². The molecule has 0 bridgehead atoms. The number of unbranched alkanes of at least 4 members (excludes halogenated alkanes) is 10. The minimum atomic E-state index is -0.450. The second-order valence-corrected chi connectivity index (χ2v) is 7.28. The Labute approximate surface area is 151 Å². The van der Waals surface area contributed by atoms with E-state index < -0.39 is 12.1 Å². The summed E-state index contributed by atoms with van der Waals surface area (Å²) >= 11 is 3.39. The highest BCUT2D eigenvalue weighted by Gasteiger charge is 2.12. The number of halogens is 1. The number of methoxy groups -OCH3 is 1. The number of hydrogen-bond donors (Lipinski definition) is 1. The van der Waals surface area contributed by atoms with Crippen LogP contribution in [0.25, 0.3) is 0 Å². The molecule has 0 heterocycles. The lowest BCUT2D eigenvalue weighted by Crippen LogP contribution is -2.18. The van der Waals surface area contributed by atoms with Gasteiger partial charge in [-0.15, -0.1) is 0 Å². The molecule has 0 radical (unpaired) electrons. The number of rotatable bonds is 15. The van der Waals surface area contributed by atoms with E-state index in [4.69, 9.17) is 0 Å². The first-order chi connectivity index (χ1) is 11.1. The van der Waals surface area contributed by atoms with Crippen LogP contribution in [0.1, 0.15) is 84.0 Å². The third-order valence-electron chi connectivity index (χ3n) is 4.09. The zero-order valence-corrected chi connectivity index (χ0v) is 16.5. The molecule has 3 nitrogen and oxygen atoms in total. The Hall–Kier alpha value is -0.350. The molecule has 0 saturated heterocycles. The van der Waals surface area contributed by atoms with Crippen LogP contribution in [0.15, 0.2) is 12.2 Å². The Morgan fingerprint density at radius 2 is 1.48 bits per heavy atom. The molecule has 1 N–H and O–H groups in total. The van der Waals surface area contributed by atoms with E-state index in [1.165, 1.54) is 77.4 Å². The van der Waals surface area contributed by atoms with E-state index in [0.717, 1.165) is 12.8 Å². The Kier molecular flexibility index (Phi) is 16.3. The van der Waals surface area contributed by atoms with Crippen LogP contribution in [-0.2, 0) is 9.53 Å². The smallest absolute Gasteiger partial charge is 0.330 e. The standard InChI is InChI=1S/C19H35BrO3/c1-3-4-5-6-7-8-9-10-11-12-13-14-18(21)17(20)15-16-19(22)23-2/h15-18,21H,3-14H2,1-2H3/b16-15+/t17-,18+/m1/s1. The van der Waals surface area contributed by atoms with Gasteiger partial charge in [0.2, 0.25) is 0 Å². The Morgan fingerprint density at radius 1 is 1.00 bits per heavy atom. The van der Waals surface area contributed by atoms with Crippen molar-refractivity contribution in [3.63, 3.8) is 0 Å². The van der Waals surface area contributed by atoms with Crippen LogP contribution in [0, 0.1) is 0 Å². The molecule has 4 heteroatoms. The first-order valence-electron chi connectivity index (χ1n) is 9.20. The molecule has 0 unspecified atom stereocenters. The van der Waals surface area contributed by atoms with Gasteiger partial charge in [0.05, 0.1) is 18.0 Å². The van der Waals surface area contributed by atoms with E-state index >= 15 is 0 Å². The van der Waals surface area contributed by atoms with Gasteiger partial charge in [-0.2, -0.15) is 0 Å². The fourth-order valence-corrected chi connectivity index (χ4v) is 2.96. The highest BCUT2D eigenvalue weighted by Crippen LogP contribution is 2.16. The van der Waals surface area contributed by atoms with Gasteiger partial charge in [-0.05, 0) is 6.42 Å². The summed E-state index contributed by atoms with van der Waals surface area (Å²) in [6.07, 6.45) is 17.7. The fraction of sp³-hybridized carbons (Fsp3) is 0.842. The van der Waals surface area contributed by atoms with E-state index in [9.17, 15) is 9.90 Å². The predicted molar refractivity (Wildman–Crippen MR) is 101 cm³/mol. The Morgan fingerprint density at radius 3 is 1.96 bits per heavy atom. The monoisotopic (exact) mass is 390 g/mol. The van der Waals surface area contributed by atoms with Crippen LogP contribution < -0.4 is 0 Å². The predicted octanol–water partition coefficient (Wildman–Crippen LogP) is 5.54. The number of carbonyl (C=O) groups excluding carboxylic acids is 1. The van der Waals surface area contributed by atoms with Crippen molar-refractivity contribution in [2.75, 3.05) is 7.11 Å². The number of carbonyl (C=O) groups is 1. The van der Waals surface area contributed by atoms with Crippen LogP contribution in [-0.4, -0.2) is 29.1 Å². The molecule has 0 rings (SSSR count). The van der Waals surface area contributed by atoms with Crippen molar-refractivity contribution in [1.82, 2.24) is 0 Å². The summed E-state index contributed by atoms with van der Waals surface area (Å²) in [5, 5.41) is 10.00. The number of ether oxygens (including phenoxy) is 1. The molecule has 0 aromatic rings. The fourth-order valence-electron chi connectivity index (χ4n) is 2.54. The van der Waals surface area contributed by atoms with Crippen LogP contribution in [0.4, 0.5) is 0 Å². The summed E-state index contributed by atoms with van der Waals surface area (Å²) in [5.74, 6) is -0.392. The van der Waals surface area contributed by atoms with Gasteiger partial charge in [-0.3, -0.25) is 0 Å². The lowest BCUT2D eigenvalue weighted by molar-refractivity contribution is -0.134. The van der Waals surface area contributed by atoms with E-state index in [1.807, 2.05) is 0 Å². The Bertz CT molecular complexity index is 305. The molecule has 0 amide bonds. The lowest BCUT2D eigenvalue weighted by Gasteiger charge is -2.13. The summed E-state index contributed by atoms with van der Waals surface area (Å²) in [6.45, 7) is 2.25. The number of alkyl halides is 1. The van der Waals surface area contributed by atoms with E-state index in [2.05, 4.69) is 27.6 Å². The second kappa shape index (κ2) is 16.5. The minimum absolute atomic E-state index is 0.190. The van der Waals surface area contributed by atoms with Gasteiger partial charge in [0.1, 0.15) is 0 Å². The molecule has 136 valence electrons. The lowest BCUT2D eigenvalue weighted by atomic mass is 10.0. The molecule has 2 atom stereocenters. The summed E-state index contributed by atoms with van der Waals surface area (Å²) in [7, 11) is 1.34. The minimum Gasteiger partial charge on any atom is -0.466 e. The molecule has 0 saturated carbocycles. The van der Waals surface area contributed by atoms with Crippen molar-refractivity contribution >= 4 is 21.9 Å². The topological polar surface area (TPSA) is 46.5 Å². The zero-order valence-electron chi connectivity index (χ0n) is 14.9. The maximum absolute atomic E-state index is 11.0.